The fraction of sp³-hybridized carbons (Fsp3) is 0.667. The van der Waals surface area contributed by atoms with Crippen LogP contribution in [0.4, 0.5) is 5.82 Å². The van der Waals surface area contributed by atoms with Gasteiger partial charge in [-0.05, 0) is 38.3 Å². The lowest BCUT2D eigenvalue weighted by atomic mass is 10.2. The molecule has 1 fully saturated rings. The Morgan fingerprint density at radius 3 is 2.79 bits per heavy atom. The van der Waals surface area contributed by atoms with Crippen molar-refractivity contribution in [2.75, 3.05) is 31.7 Å². The van der Waals surface area contributed by atoms with Gasteiger partial charge in [-0.25, -0.2) is 4.98 Å². The highest BCUT2D eigenvalue weighted by molar-refractivity contribution is 5.41. The zero-order valence-corrected chi connectivity index (χ0v) is 12.3. The quantitative estimate of drug-likeness (QED) is 0.779. The molecule has 106 valence electrons. The van der Waals surface area contributed by atoms with Gasteiger partial charge in [0.25, 0.3) is 0 Å². The largest absolute Gasteiger partial charge is 0.383 e. The Labute approximate surface area is 116 Å². The van der Waals surface area contributed by atoms with E-state index in [0.717, 1.165) is 43.8 Å². The zero-order chi connectivity index (χ0) is 13.7. The lowest BCUT2D eigenvalue weighted by molar-refractivity contribution is 0.205. The molecule has 2 rings (SSSR count). The van der Waals surface area contributed by atoms with E-state index < -0.39 is 0 Å². The van der Waals surface area contributed by atoms with Gasteiger partial charge in [0.15, 0.2) is 0 Å². The van der Waals surface area contributed by atoms with Crippen LogP contribution in [0.25, 0.3) is 0 Å². The van der Waals surface area contributed by atoms with Crippen LogP contribution in [0.15, 0.2) is 12.1 Å². The number of aromatic nitrogens is 1. The molecule has 0 amide bonds. The summed E-state index contributed by atoms with van der Waals surface area (Å²) in [7, 11) is 1.74. The molecule has 0 radical (unpaired) electrons. The number of nitrogens with zero attached hydrogens (tertiary/aromatic N) is 2. The Balaban J connectivity index is 1.98. The van der Waals surface area contributed by atoms with Gasteiger partial charge in [-0.3, -0.25) is 0 Å². The SMILES string of the molecule is CCN(CCOC)c1ccc(CNC2CC2)c(C)n1. The number of methoxy groups -OCH3 is 1. The van der Waals surface area contributed by atoms with Gasteiger partial charge in [-0.15, -0.1) is 0 Å². The van der Waals surface area contributed by atoms with Crippen molar-refractivity contribution in [3.8, 4) is 0 Å². The van der Waals surface area contributed by atoms with Gasteiger partial charge in [-0.2, -0.15) is 0 Å². The third kappa shape index (κ3) is 4.18. The molecule has 1 N–H and O–H groups in total. The lowest BCUT2D eigenvalue weighted by Crippen LogP contribution is -2.28. The molecule has 0 bridgehead atoms. The molecule has 4 nitrogen and oxygen atoms in total. The number of nitrogens with one attached hydrogen (secondary N) is 1. The maximum Gasteiger partial charge on any atom is 0.128 e. The standard InChI is InChI=1S/C15H25N3O/c1-4-18(9-10-19-3)15-8-5-13(12(2)17-15)11-16-14-6-7-14/h5,8,14,16H,4,6-7,9-11H2,1-3H3. The first kappa shape index (κ1) is 14.3. The van der Waals surface area contributed by atoms with Crippen LogP contribution in [0.2, 0.25) is 0 Å². The van der Waals surface area contributed by atoms with Gasteiger partial charge < -0.3 is 15.0 Å². The average Bonchev–Trinajstić information content (AvgIpc) is 3.23. The van der Waals surface area contributed by atoms with Gasteiger partial charge >= 0.3 is 0 Å². The van der Waals surface area contributed by atoms with Crippen LogP contribution in [0.3, 0.4) is 0 Å². The summed E-state index contributed by atoms with van der Waals surface area (Å²) < 4.78 is 5.14. The van der Waals surface area contributed by atoms with Crippen molar-refractivity contribution in [1.29, 1.82) is 0 Å². The normalized spacial score (nSPS) is 14.7. The predicted octanol–water partition coefficient (Wildman–Crippen LogP) is 2.11. The van der Waals surface area contributed by atoms with Crippen molar-refractivity contribution < 1.29 is 4.74 Å². The molecule has 4 heteroatoms. The molecule has 1 aromatic rings. The molecule has 19 heavy (non-hydrogen) atoms. The summed E-state index contributed by atoms with van der Waals surface area (Å²) in [5.41, 5.74) is 2.43. The monoisotopic (exact) mass is 263 g/mol. The molecule has 1 aromatic heterocycles. The number of hydrogen-bond acceptors (Lipinski definition) is 4. The minimum absolute atomic E-state index is 0.736. The first-order valence-corrected chi connectivity index (χ1v) is 7.18. The second-order valence-corrected chi connectivity index (χ2v) is 5.14. The smallest absolute Gasteiger partial charge is 0.128 e. The first-order valence-electron chi connectivity index (χ1n) is 7.18. The minimum Gasteiger partial charge on any atom is -0.383 e. The summed E-state index contributed by atoms with van der Waals surface area (Å²) in [6.07, 6.45) is 2.65. The Hall–Kier alpha value is -1.13. The molecule has 0 saturated heterocycles. The van der Waals surface area contributed by atoms with Crippen LogP contribution >= 0.6 is 0 Å². The van der Waals surface area contributed by atoms with Gasteiger partial charge in [0.2, 0.25) is 0 Å². The number of pyridine rings is 1. The number of ether oxygens (including phenoxy) is 1. The summed E-state index contributed by atoms with van der Waals surface area (Å²) in [5, 5.41) is 3.54. The van der Waals surface area contributed by atoms with Crippen LogP contribution in [0.1, 0.15) is 31.0 Å². The first-order chi connectivity index (χ1) is 9.24. The molecule has 0 atom stereocenters. The molecule has 1 aliphatic carbocycles. The number of likely N-dealkylation sites (N-methyl/N-ethyl adjacent to an activating group) is 1. The lowest BCUT2D eigenvalue weighted by Gasteiger charge is -2.22. The fourth-order valence-corrected chi connectivity index (χ4v) is 2.12. The van der Waals surface area contributed by atoms with E-state index >= 15 is 0 Å². The van der Waals surface area contributed by atoms with Crippen molar-refractivity contribution in [1.82, 2.24) is 10.3 Å². The van der Waals surface area contributed by atoms with E-state index in [1.807, 2.05) is 0 Å². The van der Waals surface area contributed by atoms with E-state index in [9.17, 15) is 0 Å². The minimum atomic E-state index is 0.736. The van der Waals surface area contributed by atoms with Crippen molar-refractivity contribution in [2.24, 2.45) is 0 Å². The van der Waals surface area contributed by atoms with E-state index in [2.05, 4.69) is 36.2 Å². The topological polar surface area (TPSA) is 37.4 Å². The number of hydrogen-bond donors (Lipinski definition) is 1. The fourth-order valence-electron chi connectivity index (χ4n) is 2.12. The highest BCUT2D eigenvalue weighted by Gasteiger charge is 2.20. The molecule has 0 aromatic carbocycles. The Kier molecular flexibility index (Phi) is 5.16. The molecule has 1 aliphatic rings. The summed E-state index contributed by atoms with van der Waals surface area (Å²) in [4.78, 5) is 6.97. The average molecular weight is 263 g/mol. The van der Waals surface area contributed by atoms with Gasteiger partial charge in [-0.1, -0.05) is 6.07 Å². The number of anilines is 1. The summed E-state index contributed by atoms with van der Waals surface area (Å²) >= 11 is 0. The molecule has 1 saturated carbocycles. The van der Waals surface area contributed by atoms with Crippen molar-refractivity contribution >= 4 is 5.82 Å². The maximum absolute atomic E-state index is 5.14. The van der Waals surface area contributed by atoms with Crippen LogP contribution in [0, 0.1) is 6.92 Å². The van der Waals surface area contributed by atoms with Crippen LogP contribution in [-0.2, 0) is 11.3 Å². The second kappa shape index (κ2) is 6.87. The molecule has 0 aliphatic heterocycles. The second-order valence-electron chi connectivity index (χ2n) is 5.14. The van der Waals surface area contributed by atoms with E-state index in [1.54, 1.807) is 7.11 Å². The summed E-state index contributed by atoms with van der Waals surface area (Å²) in [5.74, 6) is 1.05. The highest BCUT2D eigenvalue weighted by atomic mass is 16.5. The third-order valence-corrected chi connectivity index (χ3v) is 3.61. The van der Waals surface area contributed by atoms with E-state index in [-0.39, 0.29) is 0 Å². The molecular formula is C15H25N3O. The van der Waals surface area contributed by atoms with Crippen molar-refractivity contribution in [3.05, 3.63) is 23.4 Å². The van der Waals surface area contributed by atoms with Crippen LogP contribution in [-0.4, -0.2) is 37.8 Å². The Morgan fingerprint density at radius 1 is 1.42 bits per heavy atom. The van der Waals surface area contributed by atoms with Crippen molar-refractivity contribution in [3.63, 3.8) is 0 Å². The van der Waals surface area contributed by atoms with Gasteiger partial charge in [0.05, 0.1) is 6.61 Å². The molecule has 0 spiro atoms. The molecule has 1 heterocycles. The summed E-state index contributed by atoms with van der Waals surface area (Å²) in [6, 6.07) is 5.06. The molecular weight excluding hydrogens is 238 g/mol. The number of rotatable bonds is 8. The highest BCUT2D eigenvalue weighted by Crippen LogP contribution is 2.20. The Morgan fingerprint density at radius 2 is 2.21 bits per heavy atom. The van der Waals surface area contributed by atoms with Crippen molar-refractivity contribution in [2.45, 2.75) is 39.3 Å². The predicted molar refractivity (Wildman–Crippen MR) is 78.6 cm³/mol. The summed E-state index contributed by atoms with van der Waals surface area (Å²) in [6.45, 7) is 7.76. The van der Waals surface area contributed by atoms with Crippen LogP contribution in [0.5, 0.6) is 0 Å². The third-order valence-electron chi connectivity index (χ3n) is 3.61. The van der Waals surface area contributed by atoms with E-state index in [4.69, 9.17) is 9.72 Å². The maximum atomic E-state index is 5.14. The van der Waals surface area contributed by atoms with Gasteiger partial charge in [0.1, 0.15) is 5.82 Å². The number of aryl methyl sites for hydroxylation is 1. The van der Waals surface area contributed by atoms with Gasteiger partial charge in [0, 0.05) is 38.5 Å². The van der Waals surface area contributed by atoms with E-state index in [1.165, 1.54) is 18.4 Å². The molecule has 0 unspecified atom stereocenters. The zero-order valence-electron chi connectivity index (χ0n) is 12.3. The van der Waals surface area contributed by atoms with Crippen LogP contribution < -0.4 is 10.2 Å². The Bertz CT molecular complexity index is 404. The van der Waals surface area contributed by atoms with E-state index in [0.29, 0.717) is 0 Å².